The van der Waals surface area contributed by atoms with Crippen LogP contribution in [0.1, 0.15) is 65.2 Å². The molecule has 2 fully saturated rings. The quantitative estimate of drug-likeness (QED) is 0.796. The average Bonchev–Trinajstić information content (AvgIpc) is 2.99. The Balaban J connectivity index is 2.04. The summed E-state index contributed by atoms with van der Waals surface area (Å²) in [6, 6.07) is 0. The lowest BCUT2D eigenvalue weighted by Gasteiger charge is -2.43. The van der Waals surface area contributed by atoms with Crippen molar-refractivity contribution in [3.05, 3.63) is 0 Å². The molecule has 0 bridgehead atoms. The van der Waals surface area contributed by atoms with Gasteiger partial charge in [0.2, 0.25) is 0 Å². The molecule has 2 unspecified atom stereocenters. The molecule has 2 heteroatoms. The molecule has 100 valence electrons. The molecule has 1 saturated carbocycles. The van der Waals surface area contributed by atoms with Crippen molar-refractivity contribution in [3.8, 4) is 0 Å². The van der Waals surface area contributed by atoms with Gasteiger partial charge in [-0.3, -0.25) is 4.90 Å². The fourth-order valence-corrected chi connectivity index (χ4v) is 3.78. The van der Waals surface area contributed by atoms with Crippen LogP contribution in [0.25, 0.3) is 0 Å². The highest BCUT2D eigenvalue weighted by Crippen LogP contribution is 2.41. The van der Waals surface area contributed by atoms with Gasteiger partial charge in [0.1, 0.15) is 0 Å². The van der Waals surface area contributed by atoms with Crippen molar-refractivity contribution in [3.63, 3.8) is 0 Å². The highest BCUT2D eigenvalue weighted by Gasteiger charge is 2.46. The lowest BCUT2D eigenvalue weighted by atomic mass is 9.83. The number of aliphatic hydroxyl groups is 1. The van der Waals surface area contributed by atoms with Crippen molar-refractivity contribution in [2.75, 3.05) is 13.1 Å². The van der Waals surface area contributed by atoms with Crippen LogP contribution in [0.5, 0.6) is 0 Å². The summed E-state index contributed by atoms with van der Waals surface area (Å²) in [4.78, 5) is 2.62. The van der Waals surface area contributed by atoms with Crippen LogP contribution >= 0.6 is 0 Å². The van der Waals surface area contributed by atoms with E-state index < -0.39 is 0 Å². The largest absolute Gasteiger partial charge is 0.391 e. The second kappa shape index (κ2) is 5.71. The van der Waals surface area contributed by atoms with Crippen LogP contribution < -0.4 is 0 Å². The Morgan fingerprint density at radius 2 is 1.71 bits per heavy atom. The summed E-state index contributed by atoms with van der Waals surface area (Å²) in [5.41, 5.74) is 0.153. The van der Waals surface area contributed by atoms with Crippen molar-refractivity contribution in [1.29, 1.82) is 0 Å². The summed E-state index contributed by atoms with van der Waals surface area (Å²) < 4.78 is 0. The SMILES string of the molecule is CCC(C)CC(O)C1(N2CCCC2)CCCC1. The summed E-state index contributed by atoms with van der Waals surface area (Å²) in [6.45, 7) is 6.94. The number of hydrogen-bond donors (Lipinski definition) is 1. The molecule has 0 radical (unpaired) electrons. The first-order valence-electron chi connectivity index (χ1n) is 7.62. The fourth-order valence-electron chi connectivity index (χ4n) is 3.78. The molecular formula is C15H29NO. The van der Waals surface area contributed by atoms with Gasteiger partial charge < -0.3 is 5.11 Å². The fraction of sp³-hybridized carbons (Fsp3) is 1.00. The zero-order valence-corrected chi connectivity index (χ0v) is 11.6. The second-order valence-corrected chi connectivity index (χ2v) is 6.27. The molecular weight excluding hydrogens is 210 g/mol. The molecule has 1 saturated heterocycles. The molecule has 0 aromatic carbocycles. The van der Waals surface area contributed by atoms with E-state index in [0.717, 1.165) is 6.42 Å². The Morgan fingerprint density at radius 3 is 2.24 bits per heavy atom. The molecule has 0 aromatic rings. The summed E-state index contributed by atoms with van der Waals surface area (Å²) in [5, 5.41) is 10.7. The molecule has 1 heterocycles. The number of likely N-dealkylation sites (tertiary alicyclic amines) is 1. The first-order valence-corrected chi connectivity index (χ1v) is 7.62. The maximum Gasteiger partial charge on any atom is 0.0726 e. The maximum atomic E-state index is 10.7. The van der Waals surface area contributed by atoms with E-state index in [4.69, 9.17) is 0 Å². The number of rotatable bonds is 5. The number of hydrogen-bond acceptors (Lipinski definition) is 2. The minimum atomic E-state index is -0.0990. The predicted molar refractivity (Wildman–Crippen MR) is 72.1 cm³/mol. The zero-order valence-electron chi connectivity index (χ0n) is 11.6. The third kappa shape index (κ3) is 2.68. The van der Waals surface area contributed by atoms with Crippen LogP contribution in [-0.2, 0) is 0 Å². The molecule has 1 aliphatic carbocycles. The Morgan fingerprint density at radius 1 is 1.12 bits per heavy atom. The van der Waals surface area contributed by atoms with E-state index in [0.29, 0.717) is 5.92 Å². The Kier molecular flexibility index (Phi) is 4.48. The molecule has 1 aliphatic heterocycles. The lowest BCUT2D eigenvalue weighted by Crippen LogP contribution is -2.54. The predicted octanol–water partition coefficient (Wildman–Crippen LogP) is 3.19. The first kappa shape index (κ1) is 13.4. The Hall–Kier alpha value is -0.0800. The first-order chi connectivity index (χ1) is 8.19. The van der Waals surface area contributed by atoms with Crippen LogP contribution in [0.3, 0.4) is 0 Å². The van der Waals surface area contributed by atoms with Gasteiger partial charge in [-0.05, 0) is 51.1 Å². The van der Waals surface area contributed by atoms with E-state index in [-0.39, 0.29) is 11.6 Å². The molecule has 2 nitrogen and oxygen atoms in total. The van der Waals surface area contributed by atoms with Crippen LogP contribution in [0, 0.1) is 5.92 Å². The molecule has 2 atom stereocenters. The van der Waals surface area contributed by atoms with Crippen molar-refractivity contribution in [2.45, 2.75) is 76.9 Å². The Bertz CT molecular complexity index is 229. The third-order valence-electron chi connectivity index (χ3n) is 5.15. The Labute approximate surface area is 106 Å². The van der Waals surface area contributed by atoms with Gasteiger partial charge in [-0.25, -0.2) is 0 Å². The molecule has 2 aliphatic rings. The highest BCUT2D eigenvalue weighted by atomic mass is 16.3. The van der Waals surface area contributed by atoms with Crippen LogP contribution in [0.15, 0.2) is 0 Å². The van der Waals surface area contributed by atoms with Gasteiger partial charge in [0.15, 0.2) is 0 Å². The van der Waals surface area contributed by atoms with Gasteiger partial charge in [-0.15, -0.1) is 0 Å². The number of aliphatic hydroxyl groups excluding tert-OH is 1. The molecule has 0 aromatic heterocycles. The lowest BCUT2D eigenvalue weighted by molar-refractivity contribution is -0.0292. The van der Waals surface area contributed by atoms with E-state index in [1.54, 1.807) is 0 Å². The minimum Gasteiger partial charge on any atom is -0.391 e. The van der Waals surface area contributed by atoms with Crippen molar-refractivity contribution >= 4 is 0 Å². The van der Waals surface area contributed by atoms with E-state index in [9.17, 15) is 5.11 Å². The van der Waals surface area contributed by atoms with Crippen molar-refractivity contribution in [2.24, 2.45) is 5.92 Å². The maximum absolute atomic E-state index is 10.7. The van der Waals surface area contributed by atoms with Gasteiger partial charge >= 0.3 is 0 Å². The summed E-state index contributed by atoms with van der Waals surface area (Å²) >= 11 is 0. The van der Waals surface area contributed by atoms with E-state index in [1.165, 1.54) is 58.0 Å². The zero-order chi connectivity index (χ0) is 12.3. The van der Waals surface area contributed by atoms with Crippen LogP contribution in [0.4, 0.5) is 0 Å². The van der Waals surface area contributed by atoms with Crippen molar-refractivity contribution < 1.29 is 5.11 Å². The van der Waals surface area contributed by atoms with Gasteiger partial charge in [-0.1, -0.05) is 33.1 Å². The monoisotopic (exact) mass is 239 g/mol. The van der Waals surface area contributed by atoms with Gasteiger partial charge in [0.25, 0.3) is 0 Å². The molecule has 0 amide bonds. The smallest absolute Gasteiger partial charge is 0.0726 e. The topological polar surface area (TPSA) is 23.5 Å². The minimum absolute atomic E-state index is 0.0990. The van der Waals surface area contributed by atoms with Gasteiger partial charge in [-0.2, -0.15) is 0 Å². The molecule has 2 rings (SSSR count). The third-order valence-corrected chi connectivity index (χ3v) is 5.15. The highest BCUT2D eigenvalue weighted by molar-refractivity contribution is 5.01. The van der Waals surface area contributed by atoms with Crippen LogP contribution in [-0.4, -0.2) is 34.7 Å². The molecule has 0 spiro atoms. The second-order valence-electron chi connectivity index (χ2n) is 6.27. The molecule has 1 N–H and O–H groups in total. The number of nitrogens with zero attached hydrogens (tertiary/aromatic N) is 1. The summed E-state index contributed by atoms with van der Waals surface area (Å²) in [6.07, 6.45) is 9.82. The molecule has 17 heavy (non-hydrogen) atoms. The van der Waals surface area contributed by atoms with E-state index in [2.05, 4.69) is 18.7 Å². The van der Waals surface area contributed by atoms with Crippen LogP contribution in [0.2, 0.25) is 0 Å². The average molecular weight is 239 g/mol. The van der Waals surface area contributed by atoms with Crippen molar-refractivity contribution in [1.82, 2.24) is 4.90 Å². The standard InChI is InChI=1S/C15H29NO/c1-3-13(2)12-14(17)15(8-4-5-9-15)16-10-6-7-11-16/h13-14,17H,3-12H2,1-2H3. The summed E-state index contributed by atoms with van der Waals surface area (Å²) in [7, 11) is 0. The van der Waals surface area contributed by atoms with E-state index in [1.807, 2.05) is 0 Å². The summed E-state index contributed by atoms with van der Waals surface area (Å²) in [5.74, 6) is 0.657. The normalized spacial score (nSPS) is 28.4. The van der Waals surface area contributed by atoms with Gasteiger partial charge in [0.05, 0.1) is 6.10 Å². The van der Waals surface area contributed by atoms with E-state index >= 15 is 0 Å². The van der Waals surface area contributed by atoms with Gasteiger partial charge in [0, 0.05) is 5.54 Å².